The van der Waals surface area contributed by atoms with E-state index in [2.05, 4.69) is 36.7 Å². The molecule has 2 N–H and O–H groups in total. The number of halogens is 1. The van der Waals surface area contributed by atoms with E-state index in [1.165, 1.54) is 0 Å². The Morgan fingerprint density at radius 3 is 2.92 bits per heavy atom. The first-order valence-corrected chi connectivity index (χ1v) is 8.34. The van der Waals surface area contributed by atoms with Crippen LogP contribution in [0.15, 0.2) is 33.8 Å². The van der Waals surface area contributed by atoms with Gasteiger partial charge < -0.3 is 24.8 Å². The number of para-hydroxylation sites is 2. The van der Waals surface area contributed by atoms with Crippen LogP contribution in [-0.4, -0.2) is 49.4 Å². The number of methoxy groups -OCH3 is 1. The number of aromatic nitrogens is 2. The molecule has 1 unspecified atom stereocenters. The Bertz CT molecular complexity index is 736. The minimum absolute atomic E-state index is 0. The number of anilines is 1. The molecule has 0 saturated carbocycles. The summed E-state index contributed by atoms with van der Waals surface area (Å²) in [6.07, 6.45) is 1.03. The lowest BCUT2D eigenvalue weighted by Crippen LogP contribution is -2.44. The van der Waals surface area contributed by atoms with E-state index in [0.29, 0.717) is 24.3 Å². The average molecular weight is 472 g/mol. The average Bonchev–Trinajstić information content (AvgIpc) is 3.27. The molecule has 9 heteroatoms. The number of ether oxygens (including phenoxy) is 1. The summed E-state index contributed by atoms with van der Waals surface area (Å²) in [5.41, 5.74) is 1.12. The van der Waals surface area contributed by atoms with Crippen molar-refractivity contribution in [3.63, 3.8) is 0 Å². The van der Waals surface area contributed by atoms with E-state index in [9.17, 15) is 0 Å². The van der Waals surface area contributed by atoms with Crippen LogP contribution in [0.5, 0.6) is 5.75 Å². The number of aliphatic imine (C=N–C) groups is 1. The molecule has 1 aliphatic heterocycles. The molecule has 1 aromatic heterocycles. The predicted molar refractivity (Wildman–Crippen MR) is 111 cm³/mol. The fraction of sp³-hybridized carbons (Fsp3) is 0.471. The van der Waals surface area contributed by atoms with E-state index in [1.807, 2.05) is 18.2 Å². The normalized spacial score (nSPS) is 17.0. The molecule has 0 aliphatic carbocycles. The summed E-state index contributed by atoms with van der Waals surface area (Å²) in [4.78, 5) is 10.8. The van der Waals surface area contributed by atoms with Gasteiger partial charge in [0.1, 0.15) is 5.75 Å². The van der Waals surface area contributed by atoms with Crippen molar-refractivity contribution in [1.29, 1.82) is 0 Å². The number of aryl methyl sites for hydroxylation is 1. The van der Waals surface area contributed by atoms with Crippen molar-refractivity contribution in [3.05, 3.63) is 36.0 Å². The first-order valence-electron chi connectivity index (χ1n) is 8.34. The maximum absolute atomic E-state index is 5.46. The van der Waals surface area contributed by atoms with E-state index in [1.54, 1.807) is 21.1 Å². The third-order valence-electron chi connectivity index (χ3n) is 4.16. The van der Waals surface area contributed by atoms with Gasteiger partial charge in [-0.3, -0.25) is 4.99 Å². The largest absolute Gasteiger partial charge is 0.495 e. The molecule has 142 valence electrons. The molecule has 1 atom stereocenters. The third kappa shape index (κ3) is 4.99. The summed E-state index contributed by atoms with van der Waals surface area (Å²) in [5, 5.41) is 10.5. The second-order valence-corrected chi connectivity index (χ2v) is 5.90. The van der Waals surface area contributed by atoms with Crippen LogP contribution in [0.3, 0.4) is 0 Å². The molecule has 1 saturated heterocycles. The molecule has 0 bridgehead atoms. The van der Waals surface area contributed by atoms with Crippen LogP contribution in [0.25, 0.3) is 0 Å². The van der Waals surface area contributed by atoms with Crippen molar-refractivity contribution in [1.82, 2.24) is 20.8 Å². The Hall–Kier alpha value is -2.04. The highest BCUT2D eigenvalue weighted by Gasteiger charge is 2.25. The molecule has 0 amide bonds. The van der Waals surface area contributed by atoms with Crippen LogP contribution in [0.2, 0.25) is 0 Å². The first-order chi connectivity index (χ1) is 12.2. The summed E-state index contributed by atoms with van der Waals surface area (Å²) < 4.78 is 10.4. The van der Waals surface area contributed by atoms with Gasteiger partial charge >= 0.3 is 0 Å². The van der Waals surface area contributed by atoms with Crippen LogP contribution in [-0.2, 0) is 6.54 Å². The fourth-order valence-electron chi connectivity index (χ4n) is 2.95. The van der Waals surface area contributed by atoms with Gasteiger partial charge in [0.15, 0.2) is 11.8 Å². The third-order valence-corrected chi connectivity index (χ3v) is 4.16. The van der Waals surface area contributed by atoms with E-state index >= 15 is 0 Å². The van der Waals surface area contributed by atoms with Gasteiger partial charge in [0.2, 0.25) is 5.89 Å². The number of hydrogen-bond acceptors (Lipinski definition) is 6. The Morgan fingerprint density at radius 2 is 2.23 bits per heavy atom. The van der Waals surface area contributed by atoms with Crippen molar-refractivity contribution < 1.29 is 9.26 Å². The Morgan fingerprint density at radius 1 is 1.42 bits per heavy atom. The molecule has 0 spiro atoms. The quantitative estimate of drug-likeness (QED) is 0.391. The van der Waals surface area contributed by atoms with E-state index in [-0.39, 0.29) is 24.0 Å². The standard InChI is InChI=1S/C17H24N6O2.HI/c1-12-20-16(22-25-12)10-19-17(18-2)21-13-8-9-23(11-13)14-6-4-5-7-15(14)24-3;/h4-7,13H,8-11H2,1-3H3,(H2,18,19,21);1H. The maximum atomic E-state index is 5.46. The van der Waals surface area contributed by atoms with Gasteiger partial charge in [-0.25, -0.2) is 0 Å². The lowest BCUT2D eigenvalue weighted by Gasteiger charge is -2.22. The van der Waals surface area contributed by atoms with Crippen LogP contribution in [0, 0.1) is 6.92 Å². The van der Waals surface area contributed by atoms with E-state index in [4.69, 9.17) is 9.26 Å². The lowest BCUT2D eigenvalue weighted by molar-refractivity contribution is 0.386. The second-order valence-electron chi connectivity index (χ2n) is 5.90. The summed E-state index contributed by atoms with van der Waals surface area (Å²) in [6, 6.07) is 8.41. The van der Waals surface area contributed by atoms with Gasteiger partial charge in [0.05, 0.1) is 19.3 Å². The Kier molecular flexibility index (Phi) is 7.49. The fourth-order valence-corrected chi connectivity index (χ4v) is 2.95. The minimum Gasteiger partial charge on any atom is -0.495 e. The monoisotopic (exact) mass is 472 g/mol. The van der Waals surface area contributed by atoms with Gasteiger partial charge in [-0.15, -0.1) is 24.0 Å². The zero-order valence-corrected chi connectivity index (χ0v) is 17.6. The van der Waals surface area contributed by atoms with Crippen molar-refractivity contribution in [2.45, 2.75) is 25.9 Å². The van der Waals surface area contributed by atoms with Gasteiger partial charge in [-0.05, 0) is 18.6 Å². The molecule has 3 rings (SSSR count). The summed E-state index contributed by atoms with van der Waals surface area (Å²) in [7, 11) is 3.46. The molecule has 2 heterocycles. The topological polar surface area (TPSA) is 87.8 Å². The van der Waals surface area contributed by atoms with Gasteiger partial charge in [-0.1, -0.05) is 17.3 Å². The van der Waals surface area contributed by atoms with Gasteiger partial charge in [0.25, 0.3) is 0 Å². The minimum atomic E-state index is 0. The highest BCUT2D eigenvalue weighted by Crippen LogP contribution is 2.30. The summed E-state index contributed by atoms with van der Waals surface area (Å²) >= 11 is 0. The molecule has 26 heavy (non-hydrogen) atoms. The van der Waals surface area contributed by atoms with Crippen LogP contribution >= 0.6 is 24.0 Å². The predicted octanol–water partition coefficient (Wildman–Crippen LogP) is 1.95. The highest BCUT2D eigenvalue weighted by molar-refractivity contribution is 14.0. The SMILES string of the molecule is CN=C(NCc1noc(C)n1)NC1CCN(c2ccccc2OC)C1.I. The second kappa shape index (κ2) is 9.60. The zero-order chi connectivity index (χ0) is 17.6. The molecule has 1 fully saturated rings. The number of benzene rings is 1. The molecule has 1 aliphatic rings. The Labute approximate surface area is 170 Å². The number of rotatable bonds is 5. The van der Waals surface area contributed by atoms with Gasteiger partial charge in [-0.2, -0.15) is 4.98 Å². The highest BCUT2D eigenvalue weighted by atomic mass is 127. The molecular weight excluding hydrogens is 447 g/mol. The molecule has 2 aromatic rings. The van der Waals surface area contributed by atoms with E-state index in [0.717, 1.165) is 36.9 Å². The molecule has 8 nitrogen and oxygen atoms in total. The number of nitrogens with zero attached hydrogens (tertiary/aromatic N) is 4. The molecular formula is C17H25IN6O2. The smallest absolute Gasteiger partial charge is 0.223 e. The summed E-state index contributed by atoms with van der Waals surface area (Å²) in [6.45, 7) is 4.11. The maximum Gasteiger partial charge on any atom is 0.223 e. The van der Waals surface area contributed by atoms with Gasteiger partial charge in [0, 0.05) is 33.1 Å². The number of hydrogen-bond donors (Lipinski definition) is 2. The number of guanidine groups is 1. The molecule has 1 aromatic carbocycles. The van der Waals surface area contributed by atoms with Crippen molar-refractivity contribution in [2.24, 2.45) is 4.99 Å². The lowest BCUT2D eigenvalue weighted by atomic mass is 10.2. The van der Waals surface area contributed by atoms with Crippen molar-refractivity contribution in [3.8, 4) is 5.75 Å². The first kappa shape index (κ1) is 20.3. The van der Waals surface area contributed by atoms with Crippen molar-refractivity contribution >= 4 is 35.6 Å². The van der Waals surface area contributed by atoms with Crippen LogP contribution in [0.4, 0.5) is 5.69 Å². The number of nitrogens with one attached hydrogen (secondary N) is 2. The van der Waals surface area contributed by atoms with Crippen LogP contribution < -0.4 is 20.3 Å². The van der Waals surface area contributed by atoms with E-state index < -0.39 is 0 Å². The Balaban J connectivity index is 0.00000243. The van der Waals surface area contributed by atoms with Crippen LogP contribution in [0.1, 0.15) is 18.1 Å². The molecule has 0 radical (unpaired) electrons. The van der Waals surface area contributed by atoms with Crippen molar-refractivity contribution in [2.75, 3.05) is 32.1 Å². The zero-order valence-electron chi connectivity index (χ0n) is 15.2. The summed E-state index contributed by atoms with van der Waals surface area (Å²) in [5.74, 6) is 2.80.